The van der Waals surface area contributed by atoms with Crippen molar-refractivity contribution in [3.63, 3.8) is 0 Å². The van der Waals surface area contributed by atoms with Crippen LogP contribution in [0.4, 0.5) is 0 Å². The van der Waals surface area contributed by atoms with E-state index in [0.717, 1.165) is 33.4 Å². The summed E-state index contributed by atoms with van der Waals surface area (Å²) >= 11 is 5.57. The molecule has 5 heteroatoms. The van der Waals surface area contributed by atoms with Gasteiger partial charge in [0.05, 0.1) is 18.1 Å². The molecule has 0 aliphatic rings. The van der Waals surface area contributed by atoms with Gasteiger partial charge in [0.1, 0.15) is 0 Å². The monoisotopic (exact) mass is 482 g/mol. The molecule has 176 valence electrons. The molecule has 3 nitrogen and oxygen atoms in total. The molecule has 0 bridgehead atoms. The van der Waals surface area contributed by atoms with Crippen molar-refractivity contribution in [2.75, 3.05) is 11.5 Å². The van der Waals surface area contributed by atoms with E-state index in [1.165, 1.54) is 0 Å². The summed E-state index contributed by atoms with van der Waals surface area (Å²) < 4.78 is 0. The van der Waals surface area contributed by atoms with Gasteiger partial charge >= 0.3 is 0 Å². The minimum atomic E-state index is -0.825. The van der Waals surface area contributed by atoms with Gasteiger partial charge < -0.3 is 10.2 Å². The summed E-state index contributed by atoms with van der Waals surface area (Å²) in [6.45, 7) is 9.85. The number of thiol groups is 1. The predicted molar refractivity (Wildman–Crippen MR) is 145 cm³/mol. The molecule has 2 aromatic carbocycles. The van der Waals surface area contributed by atoms with Crippen LogP contribution in [0.25, 0.3) is 0 Å². The Morgan fingerprint density at radius 3 is 2.30 bits per heavy atom. The van der Waals surface area contributed by atoms with Crippen LogP contribution >= 0.6 is 24.4 Å². The second kappa shape index (κ2) is 13.6. The van der Waals surface area contributed by atoms with E-state index in [-0.39, 0.29) is 11.5 Å². The minimum Gasteiger partial charge on any atom is -0.390 e. The summed E-state index contributed by atoms with van der Waals surface area (Å²) in [6.07, 6.45) is 5.95. The van der Waals surface area contributed by atoms with Gasteiger partial charge in [-0.15, -0.1) is 0 Å². The number of carbonyl (C=O) groups excluding carboxylic acids is 1. The highest BCUT2D eigenvalue weighted by Crippen LogP contribution is 2.32. The van der Waals surface area contributed by atoms with E-state index in [2.05, 4.69) is 19.2 Å². The van der Waals surface area contributed by atoms with Crippen LogP contribution < -0.4 is 0 Å². The largest absolute Gasteiger partial charge is 0.390 e. The average molecular weight is 483 g/mol. The summed E-state index contributed by atoms with van der Waals surface area (Å²) in [6, 6.07) is 13.9. The zero-order valence-corrected chi connectivity index (χ0v) is 21.3. The molecular formula is C28H34O3S2. The smallest absolute Gasteiger partial charge is 0.175 e. The Hall–Kier alpha value is -2.05. The third-order valence-corrected chi connectivity index (χ3v) is 6.96. The number of carbonyl (C=O) groups is 1. The minimum absolute atomic E-state index is 0.0541. The topological polar surface area (TPSA) is 57.5 Å². The second-order valence-corrected chi connectivity index (χ2v) is 9.44. The lowest BCUT2D eigenvalue weighted by Gasteiger charge is -2.21. The number of aryl methyl sites for hydroxylation is 2. The molecule has 0 aromatic heterocycles. The van der Waals surface area contributed by atoms with Crippen molar-refractivity contribution in [3.8, 4) is 0 Å². The van der Waals surface area contributed by atoms with Crippen molar-refractivity contribution in [2.45, 2.75) is 44.6 Å². The molecule has 0 fully saturated rings. The molecule has 3 unspecified atom stereocenters. The normalized spacial score (nSPS) is 14.8. The summed E-state index contributed by atoms with van der Waals surface area (Å²) in [5, 5.41) is 19.6. The molecule has 0 aliphatic carbocycles. The Kier molecular flexibility index (Phi) is 11.2. The summed E-state index contributed by atoms with van der Waals surface area (Å²) in [5.74, 6) is 0.964. The summed E-state index contributed by atoms with van der Waals surface area (Å²) in [4.78, 5) is 13.9. The maximum Gasteiger partial charge on any atom is 0.175 e. The molecule has 0 aliphatic heterocycles. The van der Waals surface area contributed by atoms with Crippen LogP contribution in [-0.2, 0) is 5.75 Å². The molecule has 0 amide bonds. The fraction of sp³-hybridized carbons (Fsp3) is 0.321. The van der Waals surface area contributed by atoms with Crippen LogP contribution in [0.2, 0.25) is 0 Å². The van der Waals surface area contributed by atoms with E-state index in [1.807, 2.05) is 81.5 Å². The number of aliphatic hydroxyl groups is 2. The van der Waals surface area contributed by atoms with Crippen molar-refractivity contribution in [1.29, 1.82) is 0 Å². The van der Waals surface area contributed by atoms with Gasteiger partial charge in [-0.2, -0.15) is 24.4 Å². The van der Waals surface area contributed by atoms with Gasteiger partial charge in [0.15, 0.2) is 5.78 Å². The first-order valence-corrected chi connectivity index (χ1v) is 12.8. The molecular weight excluding hydrogens is 448 g/mol. The van der Waals surface area contributed by atoms with Gasteiger partial charge in [0, 0.05) is 22.8 Å². The van der Waals surface area contributed by atoms with E-state index in [4.69, 9.17) is 0 Å². The zero-order valence-electron chi connectivity index (χ0n) is 19.6. The van der Waals surface area contributed by atoms with Crippen LogP contribution in [-0.4, -0.2) is 39.7 Å². The first kappa shape index (κ1) is 27.2. The van der Waals surface area contributed by atoms with Crippen molar-refractivity contribution in [2.24, 2.45) is 0 Å². The highest BCUT2D eigenvalue weighted by atomic mass is 32.2. The Labute approximate surface area is 207 Å². The Bertz CT molecular complexity index is 972. The SMILES string of the molecule is C=C/C(=C\C=C/C)C(C(=O)c1c(C)cc(CSCC(O)C(O)CS)cc1C)c1ccccc1. The van der Waals surface area contributed by atoms with Crippen LogP contribution in [0.1, 0.15) is 45.5 Å². The number of benzene rings is 2. The van der Waals surface area contributed by atoms with E-state index in [9.17, 15) is 15.0 Å². The molecule has 33 heavy (non-hydrogen) atoms. The molecule has 0 radical (unpaired) electrons. The predicted octanol–water partition coefficient (Wildman–Crippen LogP) is 5.84. The Morgan fingerprint density at radius 1 is 1.12 bits per heavy atom. The van der Waals surface area contributed by atoms with Crippen molar-refractivity contribution in [3.05, 3.63) is 107 Å². The van der Waals surface area contributed by atoms with Crippen molar-refractivity contribution in [1.82, 2.24) is 0 Å². The third-order valence-electron chi connectivity index (χ3n) is 5.47. The summed E-state index contributed by atoms with van der Waals surface area (Å²) in [5.41, 5.74) is 5.48. The lowest BCUT2D eigenvalue weighted by molar-refractivity contribution is 0.0502. The number of hydrogen-bond acceptors (Lipinski definition) is 5. The van der Waals surface area contributed by atoms with Crippen LogP contribution in [0.3, 0.4) is 0 Å². The second-order valence-electron chi connectivity index (χ2n) is 8.04. The van der Waals surface area contributed by atoms with Gasteiger partial charge in [-0.3, -0.25) is 4.79 Å². The molecule has 2 N–H and O–H groups in total. The van der Waals surface area contributed by atoms with Crippen molar-refractivity contribution < 1.29 is 15.0 Å². The first-order chi connectivity index (χ1) is 15.8. The number of hydrogen-bond donors (Lipinski definition) is 3. The third kappa shape index (κ3) is 7.47. The average Bonchev–Trinajstić information content (AvgIpc) is 2.81. The molecule has 2 rings (SSSR count). The van der Waals surface area contributed by atoms with Crippen LogP contribution in [0.15, 0.2) is 78.9 Å². The molecule has 0 saturated heterocycles. The Morgan fingerprint density at radius 2 is 1.76 bits per heavy atom. The number of Topliss-reactive ketones (excluding diaryl/α,β-unsaturated/α-hetero) is 1. The standard InChI is InChI=1S/C28H34O3S2/c1-5-7-11-22(6-2)27(23-12-9-8-10-13-23)28(31)26-19(3)14-21(15-20(26)4)17-33-18-25(30)24(29)16-32/h5-15,24-25,27,29-30,32H,2,16-18H2,1,3-4H3/b7-5-,22-11+. The van der Waals surface area contributed by atoms with E-state index in [0.29, 0.717) is 11.5 Å². The fourth-order valence-electron chi connectivity index (χ4n) is 3.83. The molecule has 0 heterocycles. The van der Waals surface area contributed by atoms with E-state index >= 15 is 0 Å². The van der Waals surface area contributed by atoms with Crippen LogP contribution in [0.5, 0.6) is 0 Å². The number of thioether (sulfide) groups is 1. The maximum atomic E-state index is 13.9. The highest BCUT2D eigenvalue weighted by Gasteiger charge is 2.27. The molecule has 2 aromatic rings. The van der Waals surface area contributed by atoms with Crippen molar-refractivity contribution >= 4 is 30.2 Å². The number of allylic oxidation sites excluding steroid dienone is 5. The van der Waals surface area contributed by atoms with Gasteiger partial charge in [0.2, 0.25) is 0 Å². The number of aliphatic hydroxyl groups excluding tert-OH is 2. The highest BCUT2D eigenvalue weighted by molar-refractivity contribution is 7.98. The lowest BCUT2D eigenvalue weighted by Crippen LogP contribution is -2.29. The maximum absolute atomic E-state index is 13.9. The summed E-state index contributed by atoms with van der Waals surface area (Å²) in [7, 11) is 0. The quantitative estimate of drug-likeness (QED) is 0.202. The van der Waals surface area contributed by atoms with Gasteiger partial charge in [-0.05, 0) is 48.6 Å². The van der Waals surface area contributed by atoms with Crippen LogP contribution in [0, 0.1) is 13.8 Å². The molecule has 0 spiro atoms. The molecule has 3 atom stereocenters. The van der Waals surface area contributed by atoms with E-state index in [1.54, 1.807) is 17.8 Å². The van der Waals surface area contributed by atoms with Gasteiger partial charge in [0.25, 0.3) is 0 Å². The van der Waals surface area contributed by atoms with Gasteiger partial charge in [-0.1, -0.05) is 73.3 Å². The fourth-order valence-corrected chi connectivity index (χ4v) is 5.06. The van der Waals surface area contributed by atoms with Gasteiger partial charge in [-0.25, -0.2) is 0 Å². The molecule has 0 saturated carbocycles. The lowest BCUT2D eigenvalue weighted by atomic mass is 9.81. The number of ketones is 1. The zero-order chi connectivity index (χ0) is 24.4. The first-order valence-electron chi connectivity index (χ1n) is 11.0. The Balaban J connectivity index is 2.34. The number of rotatable bonds is 12. The van der Waals surface area contributed by atoms with E-state index < -0.39 is 18.1 Å².